The lowest BCUT2D eigenvalue weighted by molar-refractivity contribution is 0.0924. The van der Waals surface area contributed by atoms with Crippen LogP contribution in [0.1, 0.15) is 54.8 Å². The molecule has 5 aromatic rings. The molecule has 2 aliphatic rings. The van der Waals surface area contributed by atoms with E-state index in [1.54, 1.807) is 24.3 Å². The standard InChI is InChI=1S/C42H40O12.2CH2Cl2/c1-19-10-23(24-17-31(52-9)37(44)41-33(24)39(46)35-27(50-7)14-22(48-5)16-29(35)54-41)25(42(2,3)18-19)11-20-12-30(51-8)36(43)40-32(20)38(45)34-26(49-6)13-21(47-4)15-28(34)53-40;2*2-1-3/h10-17,23,25,44H,18H2,1-9H3;2*1H2/b20-11+;;/t23-,25-;;/m0../s1. The van der Waals surface area contributed by atoms with Gasteiger partial charge in [-0.15, -0.1) is 46.4 Å². The molecular formula is C44H44Cl4O12. The fourth-order valence-corrected chi connectivity index (χ4v) is 8.01. The van der Waals surface area contributed by atoms with Crippen LogP contribution in [-0.2, 0) is 4.74 Å². The first-order chi connectivity index (χ1) is 28.6. The quantitative estimate of drug-likeness (QED) is 0.0896. The van der Waals surface area contributed by atoms with E-state index in [0.29, 0.717) is 29.1 Å². The van der Waals surface area contributed by atoms with E-state index in [0.717, 1.165) is 5.57 Å². The molecule has 1 N–H and O–H groups in total. The number of hydrogen-bond acceptors (Lipinski definition) is 12. The molecule has 7 rings (SSSR count). The number of alkyl halides is 4. The molecular weight excluding hydrogens is 862 g/mol. The minimum absolute atomic E-state index is 0.0191. The van der Waals surface area contributed by atoms with Crippen LogP contribution in [-0.4, -0.2) is 64.2 Å². The van der Waals surface area contributed by atoms with Crippen LogP contribution in [0.3, 0.4) is 0 Å². The molecule has 60 heavy (non-hydrogen) atoms. The number of Topliss-reactive ketones (excluding diaryl/α,β-unsaturated/α-hetero) is 1. The average molecular weight is 907 g/mol. The molecule has 0 saturated heterocycles. The van der Waals surface area contributed by atoms with Gasteiger partial charge in [-0.05, 0) is 48.0 Å². The summed E-state index contributed by atoms with van der Waals surface area (Å²) in [4.78, 5) is 42.9. The van der Waals surface area contributed by atoms with Gasteiger partial charge in [0.05, 0.1) is 64.3 Å². The zero-order valence-corrected chi connectivity index (χ0v) is 37.4. The molecule has 16 heteroatoms. The number of fused-ring (bicyclic) bond motifs is 4. The van der Waals surface area contributed by atoms with Gasteiger partial charge in [0.15, 0.2) is 22.9 Å². The Morgan fingerprint density at radius 2 is 1.27 bits per heavy atom. The largest absolute Gasteiger partial charge is 0.502 e. The Morgan fingerprint density at radius 1 is 0.733 bits per heavy atom. The van der Waals surface area contributed by atoms with Gasteiger partial charge in [0, 0.05) is 30.2 Å². The number of rotatable bonds is 8. The maximum absolute atomic E-state index is 14.7. The van der Waals surface area contributed by atoms with Gasteiger partial charge in [-0.1, -0.05) is 31.6 Å². The smallest absolute Gasteiger partial charge is 0.263 e. The van der Waals surface area contributed by atoms with Gasteiger partial charge in [0.2, 0.25) is 16.6 Å². The lowest BCUT2D eigenvalue weighted by atomic mass is 9.62. The van der Waals surface area contributed by atoms with Crippen molar-refractivity contribution in [3.05, 3.63) is 97.2 Å². The normalized spacial score (nSPS) is 17.4. The summed E-state index contributed by atoms with van der Waals surface area (Å²) < 4.78 is 45.7. The number of phenolic OH excluding ortho intramolecular Hbond substituents is 1. The second kappa shape index (κ2) is 19.1. The van der Waals surface area contributed by atoms with E-state index in [2.05, 4.69) is 19.9 Å². The summed E-state index contributed by atoms with van der Waals surface area (Å²) in [6, 6.07) is 7.90. The van der Waals surface area contributed by atoms with Crippen molar-refractivity contribution >= 4 is 90.7 Å². The van der Waals surface area contributed by atoms with Gasteiger partial charge >= 0.3 is 0 Å². The number of carbonyl (C=O) groups is 1. The molecule has 0 radical (unpaired) electrons. The summed E-state index contributed by atoms with van der Waals surface area (Å²) in [5.74, 6) is -0.765. The van der Waals surface area contributed by atoms with Crippen LogP contribution in [0.2, 0.25) is 0 Å². The Labute approximate surface area is 365 Å². The van der Waals surface area contributed by atoms with Gasteiger partial charge in [-0.2, -0.15) is 0 Å². The predicted molar refractivity (Wildman–Crippen MR) is 236 cm³/mol. The third kappa shape index (κ3) is 8.48. The summed E-state index contributed by atoms with van der Waals surface area (Å²) >= 11 is 19.1. The van der Waals surface area contributed by atoms with E-state index >= 15 is 0 Å². The minimum atomic E-state index is -0.593. The van der Waals surface area contributed by atoms with Crippen molar-refractivity contribution < 1.29 is 47.2 Å². The zero-order valence-electron chi connectivity index (χ0n) is 34.3. The van der Waals surface area contributed by atoms with Crippen molar-refractivity contribution in [2.24, 2.45) is 11.3 Å². The highest BCUT2D eigenvalue weighted by atomic mass is 35.5. The second-order valence-corrected chi connectivity index (χ2v) is 15.9. The van der Waals surface area contributed by atoms with E-state index in [9.17, 15) is 19.5 Å². The number of carbonyl (C=O) groups excluding carboxylic acids is 1. The molecule has 2 heterocycles. The highest BCUT2D eigenvalue weighted by Gasteiger charge is 2.41. The number of aromatic hydroxyl groups is 1. The Hall–Kier alpha value is -5.01. The monoisotopic (exact) mass is 904 g/mol. The fourth-order valence-electron chi connectivity index (χ4n) is 8.01. The summed E-state index contributed by atoms with van der Waals surface area (Å²) in [6.45, 7) is 6.21. The van der Waals surface area contributed by atoms with Crippen molar-refractivity contribution in [3.8, 4) is 34.5 Å². The third-order valence-corrected chi connectivity index (χ3v) is 10.5. The van der Waals surface area contributed by atoms with Crippen LogP contribution in [0, 0.1) is 11.3 Å². The highest BCUT2D eigenvalue weighted by molar-refractivity contribution is 6.41. The van der Waals surface area contributed by atoms with E-state index < -0.39 is 33.9 Å². The van der Waals surface area contributed by atoms with Crippen molar-refractivity contribution in [1.29, 1.82) is 0 Å². The first kappa shape index (κ1) is 46.1. The maximum atomic E-state index is 14.7. The lowest BCUT2D eigenvalue weighted by Gasteiger charge is -2.42. The number of ether oxygens (including phenoxy) is 6. The summed E-state index contributed by atoms with van der Waals surface area (Å²) in [7, 11) is 8.63. The van der Waals surface area contributed by atoms with E-state index in [1.165, 1.54) is 54.8 Å². The summed E-state index contributed by atoms with van der Waals surface area (Å²) in [5.41, 5.74) is 0.841. The van der Waals surface area contributed by atoms with Crippen molar-refractivity contribution in [2.45, 2.75) is 33.1 Å². The number of phenols is 1. The number of ketones is 1. The molecule has 0 spiro atoms. The number of methoxy groups -OCH3 is 6. The van der Waals surface area contributed by atoms with Gasteiger partial charge in [0.25, 0.3) is 5.78 Å². The molecule has 320 valence electrons. The number of halogens is 4. The topological polar surface area (TPSA) is 153 Å². The zero-order chi connectivity index (χ0) is 44.2. The SMILES string of the molecule is COC1=C/C(=C\[C@H]2[C@H](c3cc(OC)c(O)c4oc5cc(OC)cc(OC)c5c(=O)c34)C=C(C)CC2(C)C)c2c(oc3cc(OC)cc(OC)c3c2=O)C1=O.ClCCl.ClCCl. The molecule has 0 saturated carbocycles. The van der Waals surface area contributed by atoms with Crippen molar-refractivity contribution in [1.82, 2.24) is 0 Å². The van der Waals surface area contributed by atoms with Gasteiger partial charge < -0.3 is 42.4 Å². The molecule has 0 unspecified atom stereocenters. The lowest BCUT2D eigenvalue weighted by Crippen LogP contribution is -2.32. The highest BCUT2D eigenvalue weighted by Crippen LogP contribution is 2.52. The van der Waals surface area contributed by atoms with Crippen LogP contribution in [0.5, 0.6) is 34.5 Å². The first-order valence-corrected chi connectivity index (χ1v) is 20.4. The van der Waals surface area contributed by atoms with Crippen LogP contribution >= 0.6 is 46.4 Å². The molecule has 2 aliphatic carbocycles. The first-order valence-electron chi connectivity index (χ1n) is 18.2. The van der Waals surface area contributed by atoms with Crippen LogP contribution in [0.15, 0.2) is 78.3 Å². The number of allylic oxidation sites excluding steroid dienone is 6. The molecule has 0 amide bonds. The molecule has 2 atom stereocenters. The molecule has 0 bridgehead atoms. The Bertz CT molecular complexity index is 2670. The summed E-state index contributed by atoms with van der Waals surface area (Å²) in [5, 5.41) is 12.2. The number of benzene rings is 3. The second-order valence-electron chi connectivity index (χ2n) is 14.3. The average Bonchev–Trinajstić information content (AvgIpc) is 3.22. The molecule has 0 aliphatic heterocycles. The molecule has 3 aromatic carbocycles. The molecule has 12 nitrogen and oxygen atoms in total. The minimum Gasteiger partial charge on any atom is -0.502 e. The van der Waals surface area contributed by atoms with E-state index in [-0.39, 0.29) is 83.7 Å². The van der Waals surface area contributed by atoms with E-state index in [4.69, 9.17) is 83.7 Å². The Kier molecular flexibility index (Phi) is 14.7. The Balaban J connectivity index is 0.00000107. The maximum Gasteiger partial charge on any atom is 0.263 e. The Morgan fingerprint density at radius 3 is 1.78 bits per heavy atom. The van der Waals surface area contributed by atoms with Gasteiger partial charge in [-0.25, -0.2) is 0 Å². The van der Waals surface area contributed by atoms with Crippen molar-refractivity contribution in [2.75, 3.05) is 53.3 Å². The van der Waals surface area contributed by atoms with Crippen LogP contribution in [0.25, 0.3) is 38.5 Å². The van der Waals surface area contributed by atoms with Gasteiger partial charge in [0.1, 0.15) is 44.9 Å². The fraction of sp³-hybridized carbons (Fsp3) is 0.341. The van der Waals surface area contributed by atoms with Crippen molar-refractivity contribution in [3.63, 3.8) is 0 Å². The van der Waals surface area contributed by atoms with E-state index in [1.807, 2.05) is 13.0 Å². The number of hydrogen-bond donors (Lipinski definition) is 1. The predicted octanol–water partition coefficient (Wildman–Crippen LogP) is 10.5. The summed E-state index contributed by atoms with van der Waals surface area (Å²) in [6.07, 6.45) is 6.21. The third-order valence-electron chi connectivity index (χ3n) is 10.5. The van der Waals surface area contributed by atoms with Gasteiger partial charge in [-0.3, -0.25) is 14.4 Å². The van der Waals surface area contributed by atoms with Crippen LogP contribution in [0.4, 0.5) is 0 Å². The van der Waals surface area contributed by atoms with Crippen LogP contribution < -0.4 is 34.5 Å². The molecule has 0 fully saturated rings. The molecule has 2 aromatic heterocycles.